The highest BCUT2D eigenvalue weighted by Crippen LogP contribution is 2.20. The summed E-state index contributed by atoms with van der Waals surface area (Å²) in [5, 5.41) is 10.6. The van der Waals surface area contributed by atoms with Crippen LogP contribution in [0.1, 0.15) is 5.56 Å². The van der Waals surface area contributed by atoms with Gasteiger partial charge in [0.25, 0.3) is 0 Å². The molecule has 162 valence electrons. The molecule has 2 N–H and O–H groups in total. The van der Waals surface area contributed by atoms with E-state index in [9.17, 15) is 4.79 Å². The molecule has 31 heavy (non-hydrogen) atoms. The molecule has 1 fully saturated rings. The molecule has 1 aliphatic rings. The fourth-order valence-corrected chi connectivity index (χ4v) is 3.92. The van der Waals surface area contributed by atoms with Gasteiger partial charge in [-0.15, -0.1) is 0 Å². The van der Waals surface area contributed by atoms with Crippen molar-refractivity contribution in [2.24, 2.45) is 0 Å². The van der Waals surface area contributed by atoms with E-state index in [1.165, 1.54) is 5.56 Å². The molecule has 2 heterocycles. The number of rotatable bonds is 7. The first-order valence-electron chi connectivity index (χ1n) is 10.1. The van der Waals surface area contributed by atoms with Crippen LogP contribution in [0.3, 0.4) is 0 Å². The molecular formula is C22H24ClN5O2S. The van der Waals surface area contributed by atoms with Gasteiger partial charge in [-0.2, -0.15) is 5.10 Å². The summed E-state index contributed by atoms with van der Waals surface area (Å²) in [4.78, 5) is 15.0. The van der Waals surface area contributed by atoms with Gasteiger partial charge in [-0.3, -0.25) is 19.4 Å². The number of carbonyl (C=O) groups excluding carboxylic acids is 1. The van der Waals surface area contributed by atoms with Gasteiger partial charge in [0.05, 0.1) is 12.7 Å². The lowest BCUT2D eigenvalue weighted by molar-refractivity contribution is -0.122. The Labute approximate surface area is 191 Å². The average Bonchev–Trinajstić information content (AvgIpc) is 3.14. The van der Waals surface area contributed by atoms with E-state index >= 15 is 0 Å². The molecule has 2 aromatic carbocycles. The van der Waals surface area contributed by atoms with E-state index in [1.54, 1.807) is 16.7 Å². The number of aromatic nitrogens is 3. The van der Waals surface area contributed by atoms with E-state index in [0.29, 0.717) is 28.8 Å². The lowest BCUT2D eigenvalue weighted by atomic mass is 10.2. The molecule has 1 unspecified atom stereocenters. The number of morpholine rings is 1. The maximum atomic E-state index is 12.6. The first-order chi connectivity index (χ1) is 15.1. The Balaban J connectivity index is 1.32. The fraction of sp³-hybridized carbons (Fsp3) is 0.318. The second-order valence-corrected chi connectivity index (χ2v) is 8.29. The number of halogens is 1. The Hall–Kier alpha value is -2.52. The summed E-state index contributed by atoms with van der Waals surface area (Å²) in [6.45, 7) is 3.72. The quantitative estimate of drug-likeness (QED) is 0.532. The molecule has 1 amide bonds. The van der Waals surface area contributed by atoms with Gasteiger partial charge in [-0.1, -0.05) is 41.9 Å². The summed E-state index contributed by atoms with van der Waals surface area (Å²) in [6, 6.07) is 17.6. The van der Waals surface area contributed by atoms with E-state index < -0.39 is 0 Å². The zero-order valence-electron chi connectivity index (χ0n) is 17.0. The van der Waals surface area contributed by atoms with E-state index in [2.05, 4.69) is 32.5 Å². The van der Waals surface area contributed by atoms with Crippen molar-refractivity contribution in [3.63, 3.8) is 0 Å². The molecule has 0 spiro atoms. The van der Waals surface area contributed by atoms with Crippen molar-refractivity contribution in [2.75, 3.05) is 26.2 Å². The molecule has 1 aliphatic heterocycles. The molecular weight excluding hydrogens is 434 g/mol. The molecule has 0 radical (unpaired) electrons. The number of benzene rings is 2. The van der Waals surface area contributed by atoms with Crippen LogP contribution < -0.4 is 5.32 Å². The fourth-order valence-electron chi connectivity index (χ4n) is 3.60. The maximum Gasteiger partial charge on any atom is 0.240 e. The van der Waals surface area contributed by atoms with Crippen molar-refractivity contribution in [1.29, 1.82) is 0 Å². The zero-order valence-corrected chi connectivity index (χ0v) is 18.5. The van der Waals surface area contributed by atoms with Crippen LogP contribution in [-0.2, 0) is 22.6 Å². The second kappa shape index (κ2) is 10.2. The van der Waals surface area contributed by atoms with Gasteiger partial charge in [0.2, 0.25) is 5.91 Å². The van der Waals surface area contributed by atoms with E-state index in [4.69, 9.17) is 28.6 Å². The molecule has 7 nitrogen and oxygen atoms in total. The first kappa shape index (κ1) is 21.7. The second-order valence-electron chi connectivity index (χ2n) is 7.46. The molecule has 9 heteroatoms. The lowest BCUT2D eigenvalue weighted by Gasteiger charge is -2.33. The number of amides is 1. The van der Waals surface area contributed by atoms with Crippen molar-refractivity contribution in [2.45, 2.75) is 19.2 Å². The highest BCUT2D eigenvalue weighted by atomic mass is 35.5. The minimum Gasteiger partial charge on any atom is -0.374 e. The van der Waals surface area contributed by atoms with Gasteiger partial charge >= 0.3 is 0 Å². The van der Waals surface area contributed by atoms with Crippen LogP contribution in [0.2, 0.25) is 5.02 Å². The Morgan fingerprint density at radius 3 is 2.77 bits per heavy atom. The Morgan fingerprint density at radius 1 is 1.23 bits per heavy atom. The van der Waals surface area contributed by atoms with Crippen molar-refractivity contribution < 1.29 is 9.53 Å². The third-order valence-electron chi connectivity index (χ3n) is 5.16. The number of hydrogen-bond donors (Lipinski definition) is 2. The van der Waals surface area contributed by atoms with Gasteiger partial charge in [0.15, 0.2) is 10.6 Å². The van der Waals surface area contributed by atoms with Crippen LogP contribution in [0, 0.1) is 4.77 Å². The number of hydrogen-bond acceptors (Lipinski definition) is 5. The van der Waals surface area contributed by atoms with E-state index in [0.717, 1.165) is 25.2 Å². The summed E-state index contributed by atoms with van der Waals surface area (Å²) < 4.78 is 7.91. The van der Waals surface area contributed by atoms with Crippen molar-refractivity contribution >= 4 is 29.7 Å². The largest absolute Gasteiger partial charge is 0.374 e. The smallest absolute Gasteiger partial charge is 0.240 e. The number of aromatic amines is 1. The topological polar surface area (TPSA) is 75.2 Å². The Bertz CT molecular complexity index is 1070. The summed E-state index contributed by atoms with van der Waals surface area (Å²) in [7, 11) is 0. The number of nitrogens with one attached hydrogen (secondary N) is 2. The van der Waals surface area contributed by atoms with Crippen LogP contribution in [0.15, 0.2) is 54.6 Å². The SMILES string of the molecule is O=C(Cn1c(-c2ccc(Cl)cc2)n[nH]c1=S)NCC1CN(Cc2ccccc2)CCO1. The molecule has 1 atom stereocenters. The molecule has 1 aromatic heterocycles. The summed E-state index contributed by atoms with van der Waals surface area (Å²) in [5.74, 6) is 0.455. The molecule has 4 rings (SSSR count). The van der Waals surface area contributed by atoms with Crippen LogP contribution in [0.5, 0.6) is 0 Å². The van der Waals surface area contributed by atoms with Crippen LogP contribution in [0.4, 0.5) is 0 Å². The Kier molecular flexibility index (Phi) is 7.14. The van der Waals surface area contributed by atoms with Gasteiger partial charge in [0, 0.05) is 36.8 Å². The molecule has 3 aromatic rings. The summed E-state index contributed by atoms with van der Waals surface area (Å²) in [5.41, 5.74) is 2.10. The first-order valence-corrected chi connectivity index (χ1v) is 10.9. The van der Waals surface area contributed by atoms with Gasteiger partial charge in [-0.25, -0.2) is 0 Å². The van der Waals surface area contributed by atoms with E-state index in [1.807, 2.05) is 30.3 Å². The maximum absolute atomic E-state index is 12.6. The number of H-pyrrole nitrogens is 1. The van der Waals surface area contributed by atoms with Gasteiger partial charge < -0.3 is 10.1 Å². The van der Waals surface area contributed by atoms with Crippen LogP contribution >= 0.6 is 23.8 Å². The van der Waals surface area contributed by atoms with Crippen molar-refractivity contribution in [3.05, 3.63) is 70.0 Å². The molecule has 1 saturated heterocycles. The molecule has 0 aliphatic carbocycles. The lowest BCUT2D eigenvalue weighted by Crippen LogP contribution is -2.47. The zero-order chi connectivity index (χ0) is 21.6. The van der Waals surface area contributed by atoms with Gasteiger partial charge in [0.1, 0.15) is 6.54 Å². The monoisotopic (exact) mass is 457 g/mol. The minimum atomic E-state index is -0.142. The summed E-state index contributed by atoms with van der Waals surface area (Å²) >= 11 is 11.3. The Morgan fingerprint density at radius 2 is 2.00 bits per heavy atom. The van der Waals surface area contributed by atoms with Crippen LogP contribution in [-0.4, -0.2) is 57.9 Å². The number of carbonyl (C=O) groups is 1. The normalized spacial score (nSPS) is 16.9. The minimum absolute atomic E-state index is 0.0468. The summed E-state index contributed by atoms with van der Waals surface area (Å²) in [6.07, 6.45) is -0.0468. The predicted octanol–water partition coefficient (Wildman–Crippen LogP) is 3.28. The number of ether oxygens (including phenoxy) is 1. The standard InChI is InChI=1S/C22H24ClN5O2S/c23-18-8-6-17(7-9-18)21-25-26-22(31)28(21)15-20(29)24-12-19-14-27(10-11-30-19)13-16-4-2-1-3-5-16/h1-9,19H,10-15H2,(H,24,29)(H,26,31). The highest BCUT2D eigenvalue weighted by molar-refractivity contribution is 7.71. The highest BCUT2D eigenvalue weighted by Gasteiger charge is 2.21. The van der Waals surface area contributed by atoms with Crippen molar-refractivity contribution in [3.8, 4) is 11.4 Å². The van der Waals surface area contributed by atoms with Gasteiger partial charge in [-0.05, 0) is 42.0 Å². The third kappa shape index (κ3) is 5.80. The van der Waals surface area contributed by atoms with E-state index in [-0.39, 0.29) is 18.6 Å². The van der Waals surface area contributed by atoms with Crippen molar-refractivity contribution in [1.82, 2.24) is 25.0 Å². The van der Waals surface area contributed by atoms with Crippen LogP contribution in [0.25, 0.3) is 11.4 Å². The molecule has 0 saturated carbocycles. The third-order valence-corrected chi connectivity index (χ3v) is 5.72. The number of nitrogens with zero attached hydrogens (tertiary/aromatic N) is 3. The predicted molar refractivity (Wildman–Crippen MR) is 122 cm³/mol. The molecule has 0 bridgehead atoms. The average molecular weight is 458 g/mol.